The zero-order chi connectivity index (χ0) is 17.7. The summed E-state index contributed by atoms with van der Waals surface area (Å²) in [7, 11) is 0. The number of hydrogen-bond donors (Lipinski definition) is 1. The van der Waals surface area contributed by atoms with Crippen molar-refractivity contribution in [2.75, 3.05) is 6.61 Å². The first-order valence-corrected chi connectivity index (χ1v) is 8.52. The van der Waals surface area contributed by atoms with E-state index in [1.807, 2.05) is 44.2 Å². The van der Waals surface area contributed by atoms with Crippen LogP contribution >= 0.6 is 11.6 Å². The summed E-state index contributed by atoms with van der Waals surface area (Å²) in [5.74, 6) is 0.961. The van der Waals surface area contributed by atoms with Gasteiger partial charge < -0.3 is 10.1 Å². The van der Waals surface area contributed by atoms with Crippen LogP contribution in [-0.4, -0.2) is 12.5 Å². The molecule has 0 spiro atoms. The molecule has 1 amide bonds. The average molecular weight is 346 g/mol. The van der Waals surface area contributed by atoms with Crippen LogP contribution in [0.15, 0.2) is 42.5 Å². The number of halogens is 1. The fourth-order valence-electron chi connectivity index (χ4n) is 2.53. The van der Waals surface area contributed by atoms with Crippen LogP contribution in [0.3, 0.4) is 0 Å². The molecule has 0 heterocycles. The molecule has 0 aliphatic rings. The van der Waals surface area contributed by atoms with Crippen molar-refractivity contribution in [1.82, 2.24) is 5.32 Å². The van der Waals surface area contributed by atoms with Gasteiger partial charge in [-0.25, -0.2) is 0 Å². The number of hydrogen-bond acceptors (Lipinski definition) is 2. The van der Waals surface area contributed by atoms with Gasteiger partial charge in [-0.05, 0) is 54.7 Å². The second-order valence-corrected chi connectivity index (χ2v) is 6.77. The predicted molar refractivity (Wildman–Crippen MR) is 98.8 cm³/mol. The number of benzene rings is 2. The minimum atomic E-state index is -0.154. The Morgan fingerprint density at radius 1 is 1.17 bits per heavy atom. The highest BCUT2D eigenvalue weighted by molar-refractivity contribution is 6.30. The fraction of sp³-hybridized carbons (Fsp3) is 0.350. The third kappa shape index (κ3) is 5.00. The molecule has 2 aromatic rings. The van der Waals surface area contributed by atoms with E-state index in [1.54, 1.807) is 0 Å². The minimum absolute atomic E-state index is 0.00587. The molecule has 0 aromatic heterocycles. The van der Waals surface area contributed by atoms with E-state index in [4.69, 9.17) is 16.3 Å². The molecule has 0 aliphatic carbocycles. The van der Waals surface area contributed by atoms with E-state index in [-0.39, 0.29) is 18.6 Å². The standard InChI is InChI=1S/C20H24ClNO2/c1-13(2)18-9-8-14(3)10-19(18)24-12-20(23)22-15(4)16-6-5-7-17(21)11-16/h5-11,13,15H,12H2,1-4H3,(H,22,23)/t15-/m0/s1. The van der Waals surface area contributed by atoms with Gasteiger partial charge in [-0.2, -0.15) is 0 Å². The molecule has 0 saturated carbocycles. The molecule has 1 N–H and O–H groups in total. The Hall–Kier alpha value is -2.00. The van der Waals surface area contributed by atoms with Crippen LogP contribution in [0.25, 0.3) is 0 Å². The molecule has 0 radical (unpaired) electrons. The molecule has 1 atom stereocenters. The molecule has 0 bridgehead atoms. The maximum absolute atomic E-state index is 12.2. The zero-order valence-corrected chi connectivity index (χ0v) is 15.4. The van der Waals surface area contributed by atoms with Crippen LogP contribution in [0.5, 0.6) is 5.75 Å². The summed E-state index contributed by atoms with van der Waals surface area (Å²) < 4.78 is 5.76. The van der Waals surface area contributed by atoms with E-state index in [0.717, 1.165) is 22.4 Å². The SMILES string of the molecule is Cc1ccc(C(C)C)c(OCC(=O)N[C@@H](C)c2cccc(Cl)c2)c1. The van der Waals surface area contributed by atoms with Gasteiger partial charge in [0.1, 0.15) is 5.75 Å². The summed E-state index contributed by atoms with van der Waals surface area (Å²) in [6.07, 6.45) is 0. The van der Waals surface area contributed by atoms with Crippen molar-refractivity contribution in [1.29, 1.82) is 0 Å². The second-order valence-electron chi connectivity index (χ2n) is 6.33. The molecule has 3 nitrogen and oxygen atoms in total. The second kappa shape index (κ2) is 8.20. The maximum Gasteiger partial charge on any atom is 0.258 e. The predicted octanol–water partition coefficient (Wildman–Crippen LogP) is 5.03. The third-order valence-corrected chi connectivity index (χ3v) is 4.11. The molecule has 128 valence electrons. The van der Waals surface area contributed by atoms with Crippen molar-refractivity contribution in [3.63, 3.8) is 0 Å². The van der Waals surface area contributed by atoms with Gasteiger partial charge in [0.25, 0.3) is 5.91 Å². The van der Waals surface area contributed by atoms with Crippen LogP contribution in [0, 0.1) is 6.92 Å². The van der Waals surface area contributed by atoms with E-state index >= 15 is 0 Å². The molecule has 0 fully saturated rings. The van der Waals surface area contributed by atoms with Gasteiger partial charge in [0.05, 0.1) is 6.04 Å². The van der Waals surface area contributed by atoms with Gasteiger partial charge in [0, 0.05) is 5.02 Å². The van der Waals surface area contributed by atoms with Gasteiger partial charge in [-0.3, -0.25) is 4.79 Å². The molecule has 0 aliphatic heterocycles. The number of aryl methyl sites for hydroxylation is 1. The lowest BCUT2D eigenvalue weighted by Crippen LogP contribution is -2.31. The van der Waals surface area contributed by atoms with Crippen molar-refractivity contribution in [3.8, 4) is 5.75 Å². The lowest BCUT2D eigenvalue weighted by atomic mass is 10.0. The average Bonchev–Trinajstić information content (AvgIpc) is 2.52. The summed E-state index contributed by atoms with van der Waals surface area (Å²) in [6, 6.07) is 13.4. The zero-order valence-electron chi connectivity index (χ0n) is 14.6. The topological polar surface area (TPSA) is 38.3 Å². The van der Waals surface area contributed by atoms with Crippen molar-refractivity contribution in [3.05, 3.63) is 64.2 Å². The Bertz CT molecular complexity index is 713. The highest BCUT2D eigenvalue weighted by atomic mass is 35.5. The summed E-state index contributed by atoms with van der Waals surface area (Å²) in [4.78, 5) is 12.2. The van der Waals surface area contributed by atoms with Crippen LogP contribution in [0.4, 0.5) is 0 Å². The van der Waals surface area contributed by atoms with Gasteiger partial charge in [0.2, 0.25) is 0 Å². The van der Waals surface area contributed by atoms with E-state index in [1.165, 1.54) is 0 Å². The Balaban J connectivity index is 1.97. The number of nitrogens with one attached hydrogen (secondary N) is 1. The first kappa shape index (κ1) is 18.3. The number of carbonyl (C=O) groups excluding carboxylic acids is 1. The van der Waals surface area contributed by atoms with Gasteiger partial charge >= 0.3 is 0 Å². The number of carbonyl (C=O) groups is 1. The summed E-state index contributed by atoms with van der Waals surface area (Å²) >= 11 is 5.99. The Morgan fingerprint density at radius 3 is 2.58 bits per heavy atom. The minimum Gasteiger partial charge on any atom is -0.483 e. The lowest BCUT2D eigenvalue weighted by Gasteiger charge is -2.17. The van der Waals surface area contributed by atoms with Crippen molar-refractivity contribution < 1.29 is 9.53 Å². The van der Waals surface area contributed by atoms with E-state index in [2.05, 4.69) is 31.3 Å². The van der Waals surface area contributed by atoms with Crippen LogP contribution in [0.1, 0.15) is 49.4 Å². The summed E-state index contributed by atoms with van der Waals surface area (Å²) in [6.45, 7) is 8.15. The molecule has 2 rings (SSSR count). The largest absolute Gasteiger partial charge is 0.483 e. The molecule has 0 unspecified atom stereocenters. The Labute approximate surface area is 149 Å². The highest BCUT2D eigenvalue weighted by Gasteiger charge is 2.13. The van der Waals surface area contributed by atoms with Crippen LogP contribution < -0.4 is 10.1 Å². The maximum atomic E-state index is 12.2. The van der Waals surface area contributed by atoms with Crippen LogP contribution in [-0.2, 0) is 4.79 Å². The molecular formula is C20H24ClNO2. The summed E-state index contributed by atoms with van der Waals surface area (Å²) in [5, 5.41) is 3.59. The van der Waals surface area contributed by atoms with Gasteiger partial charge in [-0.15, -0.1) is 0 Å². The quantitative estimate of drug-likeness (QED) is 0.797. The van der Waals surface area contributed by atoms with Gasteiger partial charge in [0.15, 0.2) is 6.61 Å². The Kier molecular flexibility index (Phi) is 6.27. The van der Waals surface area contributed by atoms with Crippen LogP contribution in [0.2, 0.25) is 5.02 Å². The molecule has 4 heteroatoms. The van der Waals surface area contributed by atoms with Gasteiger partial charge in [-0.1, -0.05) is 49.7 Å². The molecular weight excluding hydrogens is 322 g/mol. The normalized spacial score (nSPS) is 12.1. The third-order valence-electron chi connectivity index (χ3n) is 3.88. The van der Waals surface area contributed by atoms with E-state index in [9.17, 15) is 4.79 Å². The van der Waals surface area contributed by atoms with Crippen molar-refractivity contribution in [2.45, 2.75) is 39.7 Å². The van der Waals surface area contributed by atoms with Crippen molar-refractivity contribution in [2.24, 2.45) is 0 Å². The molecule has 2 aromatic carbocycles. The first-order valence-electron chi connectivity index (χ1n) is 8.15. The smallest absolute Gasteiger partial charge is 0.258 e. The number of rotatable bonds is 6. The lowest BCUT2D eigenvalue weighted by molar-refractivity contribution is -0.123. The van der Waals surface area contributed by atoms with E-state index in [0.29, 0.717) is 10.9 Å². The number of ether oxygens (including phenoxy) is 1. The fourth-order valence-corrected chi connectivity index (χ4v) is 2.73. The summed E-state index contributed by atoms with van der Waals surface area (Å²) in [5.41, 5.74) is 3.19. The highest BCUT2D eigenvalue weighted by Crippen LogP contribution is 2.27. The monoisotopic (exact) mass is 345 g/mol. The first-order chi connectivity index (χ1) is 11.4. The van der Waals surface area contributed by atoms with Crippen molar-refractivity contribution >= 4 is 17.5 Å². The molecule has 24 heavy (non-hydrogen) atoms. The Morgan fingerprint density at radius 2 is 1.92 bits per heavy atom. The molecule has 0 saturated heterocycles. The van der Waals surface area contributed by atoms with E-state index < -0.39 is 0 Å². The number of amides is 1.